The van der Waals surface area contributed by atoms with E-state index in [2.05, 4.69) is 89.2 Å². The molecule has 0 radical (unpaired) electrons. The van der Waals surface area contributed by atoms with Gasteiger partial charge in [-0.1, -0.05) is 63.9 Å². The van der Waals surface area contributed by atoms with E-state index in [-0.39, 0.29) is 49.5 Å². The first-order chi connectivity index (χ1) is 35.0. The molecule has 2 aromatic heterocycles. The number of hydrogen-bond donors (Lipinski definition) is 2. The van der Waals surface area contributed by atoms with Crippen molar-refractivity contribution < 1.29 is 38.2 Å². The predicted molar refractivity (Wildman–Crippen MR) is 277 cm³/mol. The molecule has 16 heteroatoms. The summed E-state index contributed by atoms with van der Waals surface area (Å²) < 4.78 is 19.9. The van der Waals surface area contributed by atoms with Gasteiger partial charge in [0.05, 0.1) is 48.8 Å². The van der Waals surface area contributed by atoms with E-state index in [0.717, 1.165) is 56.7 Å². The van der Waals surface area contributed by atoms with Crippen LogP contribution in [0.4, 0.5) is 0 Å². The summed E-state index contributed by atoms with van der Waals surface area (Å²) in [5, 5.41) is 5.66. The number of amides is 4. The van der Waals surface area contributed by atoms with E-state index in [1.54, 1.807) is 23.1 Å². The molecule has 4 saturated heterocycles. The number of aromatic nitrogens is 2. The van der Waals surface area contributed by atoms with Crippen LogP contribution in [0.3, 0.4) is 0 Å². The molecule has 5 aliphatic heterocycles. The highest BCUT2D eigenvalue weighted by atomic mass is 16.5. The molecule has 4 fully saturated rings. The molecule has 0 aliphatic carbocycles. The summed E-state index contributed by atoms with van der Waals surface area (Å²) in [6.07, 6.45) is 4.26. The van der Waals surface area contributed by atoms with E-state index in [4.69, 9.17) is 19.2 Å². The Kier molecular flexibility index (Phi) is 15.2. The molecule has 5 aliphatic rings. The summed E-state index contributed by atoms with van der Waals surface area (Å²) in [5.74, 6) is 3.81. The summed E-state index contributed by atoms with van der Waals surface area (Å²) in [7, 11) is 3.65. The van der Waals surface area contributed by atoms with Crippen molar-refractivity contribution >= 4 is 40.5 Å². The van der Waals surface area contributed by atoms with Gasteiger partial charge in [0.1, 0.15) is 18.1 Å². The quantitative estimate of drug-likeness (QED) is 0.168. The van der Waals surface area contributed by atoms with E-state index in [9.17, 15) is 24.0 Å². The van der Waals surface area contributed by atoms with Gasteiger partial charge in [0.2, 0.25) is 11.8 Å². The smallest absolute Gasteiger partial charge is 0.324 e. The average Bonchev–Trinajstić information content (AvgIpc) is 4.06. The molecule has 7 heterocycles. The van der Waals surface area contributed by atoms with Crippen molar-refractivity contribution in [3.63, 3.8) is 0 Å². The normalized spacial score (nSPS) is 24.6. The van der Waals surface area contributed by atoms with Gasteiger partial charge in [0, 0.05) is 80.9 Å². The maximum atomic E-state index is 14.9. The van der Waals surface area contributed by atoms with E-state index in [0.29, 0.717) is 71.5 Å². The Balaban J connectivity index is 1.03. The lowest BCUT2D eigenvalue weighted by atomic mass is 9.84. The number of nitrogens with zero attached hydrogens (tertiary/aromatic N) is 6. The van der Waals surface area contributed by atoms with Gasteiger partial charge >= 0.3 is 5.97 Å². The topological polar surface area (TPSA) is 168 Å². The number of rotatable bonds is 8. The number of fused-ring (bicyclic) bond motifs is 6. The molecule has 2 N–H and O–H groups in total. The largest absolute Gasteiger partial charge is 0.464 e. The molecule has 0 saturated carbocycles. The molecule has 388 valence electrons. The predicted octanol–water partition coefficient (Wildman–Crippen LogP) is 5.56. The number of carbonyl (C=O) groups is 5. The third-order valence-corrected chi connectivity index (χ3v) is 15.8. The second kappa shape index (κ2) is 21.4. The van der Waals surface area contributed by atoms with Crippen LogP contribution in [0.25, 0.3) is 33.3 Å². The van der Waals surface area contributed by atoms with E-state index in [1.807, 2.05) is 46.0 Å². The maximum absolute atomic E-state index is 14.9. The summed E-state index contributed by atoms with van der Waals surface area (Å²) in [4.78, 5) is 82.0. The minimum atomic E-state index is -1.05. The Bertz CT molecular complexity index is 2830. The number of hydrogen-bond acceptors (Lipinski definition) is 11. The number of aryl methyl sites for hydroxylation is 1. The van der Waals surface area contributed by atoms with Crippen molar-refractivity contribution in [3.8, 4) is 34.2 Å². The molecule has 2 aromatic carbocycles. The molecule has 4 amide bonds. The van der Waals surface area contributed by atoms with Gasteiger partial charge in [-0.25, -0.2) is 5.43 Å². The number of cyclic esters (lactones) is 1. The number of ether oxygens (including phenoxy) is 3. The van der Waals surface area contributed by atoms with Crippen molar-refractivity contribution in [2.45, 2.75) is 117 Å². The maximum Gasteiger partial charge on any atom is 0.324 e. The number of esters is 1. The number of pyridine rings is 1. The molecular weight excluding hydrogens is 925 g/mol. The summed E-state index contributed by atoms with van der Waals surface area (Å²) in [5.41, 5.74) is 9.68. The lowest BCUT2D eigenvalue weighted by molar-refractivity contribution is -0.155. The minimum Gasteiger partial charge on any atom is -0.464 e. The highest BCUT2D eigenvalue weighted by Crippen LogP contribution is 2.44. The number of benzene rings is 2. The van der Waals surface area contributed by atoms with Crippen LogP contribution in [0.15, 0.2) is 60.8 Å². The van der Waals surface area contributed by atoms with Crippen LogP contribution in [-0.4, -0.2) is 150 Å². The monoisotopic (exact) mass is 997 g/mol. The number of hydrazine groups is 1. The first kappa shape index (κ1) is 51.8. The Hall–Kier alpha value is -6.12. The number of likely N-dealkylation sites (tertiary alicyclic amines) is 2. The average molecular weight is 997 g/mol. The fourth-order valence-electron chi connectivity index (χ4n) is 11.6. The third-order valence-electron chi connectivity index (χ3n) is 15.8. The SMILES string of the molecule is CCn1c(-c2cccnc2[C@H](C)OC)c2c3cc(ccc31)-c1cccc(c1)C[C@H](NC(=O)[C@H](C(C)C)N1CC[C@@]3(CCN(C(=O)C#C[C@@H]4COCCN4C)C3)C1=O)C(=O)N1CCC[C@H](N1)C(=O)OCC(C)(C)C2. The van der Waals surface area contributed by atoms with Crippen LogP contribution >= 0.6 is 0 Å². The fourth-order valence-corrected chi connectivity index (χ4v) is 11.6. The van der Waals surface area contributed by atoms with Crippen LogP contribution in [0.5, 0.6) is 0 Å². The van der Waals surface area contributed by atoms with E-state index in [1.165, 1.54) is 5.01 Å². The molecule has 4 aromatic rings. The van der Waals surface area contributed by atoms with Gasteiger partial charge in [-0.15, -0.1) is 0 Å². The van der Waals surface area contributed by atoms with Crippen molar-refractivity contribution in [1.29, 1.82) is 0 Å². The van der Waals surface area contributed by atoms with Gasteiger partial charge < -0.3 is 33.9 Å². The highest BCUT2D eigenvalue weighted by Gasteiger charge is 2.54. The Morgan fingerprint density at radius 3 is 2.56 bits per heavy atom. The number of morpholine rings is 1. The van der Waals surface area contributed by atoms with Crippen LogP contribution < -0.4 is 10.7 Å². The van der Waals surface area contributed by atoms with Crippen LogP contribution in [-0.2, 0) is 57.6 Å². The van der Waals surface area contributed by atoms with Crippen LogP contribution in [0.2, 0.25) is 0 Å². The zero-order valence-electron chi connectivity index (χ0n) is 43.8. The Labute approximate surface area is 429 Å². The molecular formula is C57H72N8O8. The van der Waals surface area contributed by atoms with Gasteiger partial charge in [0.15, 0.2) is 0 Å². The molecule has 73 heavy (non-hydrogen) atoms. The Morgan fingerprint density at radius 2 is 1.79 bits per heavy atom. The zero-order valence-corrected chi connectivity index (χ0v) is 43.8. The standard InChI is InChI=1S/C57H72N8O8/c1-9-63-47-19-17-40-31-43(47)44(51(63)42-15-11-23-58-49(42)37(4)71-8)32-56(5,6)35-73-54(69)45-16-12-24-65(60-45)53(68)46(30-38-13-10-14-39(40)29-38)59-52(67)50(36(2)3)64-26-22-57(55(64)70)21-25-62(34-57)48(66)20-18-41-33-72-28-27-61(41)7/h10-11,13-15,17,19,23,29,31,36-37,41,45-46,50,60H,9,12,16,21-22,24-28,30,32-35H2,1-8H3,(H,59,67)/t37-,41+,45-,46-,50-,57+/m0/s1. The third kappa shape index (κ3) is 10.5. The first-order valence-electron chi connectivity index (χ1n) is 26.2. The molecule has 6 bridgehead atoms. The van der Waals surface area contributed by atoms with Crippen LogP contribution in [0.1, 0.15) is 90.2 Å². The first-order valence-corrected chi connectivity index (χ1v) is 26.2. The second-order valence-corrected chi connectivity index (χ2v) is 21.9. The fraction of sp³-hybridized carbons (Fsp3) is 0.544. The number of carbonyl (C=O) groups excluding carboxylic acids is 5. The minimum absolute atomic E-state index is 0.134. The lowest BCUT2D eigenvalue weighted by Gasteiger charge is -2.37. The van der Waals surface area contributed by atoms with Crippen molar-refractivity contribution in [2.75, 3.05) is 66.7 Å². The van der Waals surface area contributed by atoms with Gasteiger partial charge in [-0.3, -0.25) is 38.9 Å². The molecule has 0 unspecified atom stereocenters. The van der Waals surface area contributed by atoms with E-state index >= 15 is 0 Å². The van der Waals surface area contributed by atoms with Crippen molar-refractivity contribution in [3.05, 3.63) is 77.6 Å². The van der Waals surface area contributed by atoms with Crippen LogP contribution in [0, 0.1) is 28.6 Å². The molecule has 9 rings (SSSR count). The van der Waals surface area contributed by atoms with Crippen molar-refractivity contribution in [1.82, 2.24) is 40.0 Å². The Morgan fingerprint density at radius 1 is 1.00 bits per heavy atom. The molecule has 16 nitrogen and oxygen atoms in total. The van der Waals surface area contributed by atoms with Crippen molar-refractivity contribution in [2.24, 2.45) is 16.7 Å². The summed E-state index contributed by atoms with van der Waals surface area (Å²) in [6.45, 7) is 16.1. The number of nitrogens with one attached hydrogen (secondary N) is 2. The summed E-state index contributed by atoms with van der Waals surface area (Å²) in [6, 6.07) is 15.8. The number of methoxy groups -OCH3 is 1. The second-order valence-electron chi connectivity index (χ2n) is 21.9. The van der Waals surface area contributed by atoms with E-state index < -0.39 is 46.7 Å². The van der Waals surface area contributed by atoms with Gasteiger partial charge in [0.25, 0.3) is 11.8 Å². The molecule has 1 spiro atoms. The lowest BCUT2D eigenvalue weighted by Crippen LogP contribution is -2.62. The molecule has 6 atom stereocenters. The van der Waals surface area contributed by atoms with Gasteiger partial charge in [-0.05, 0) is 111 Å². The van der Waals surface area contributed by atoms with Gasteiger partial charge in [-0.2, -0.15) is 0 Å². The highest BCUT2D eigenvalue weighted by molar-refractivity contribution is 5.98. The number of likely N-dealkylation sites (N-methyl/N-ethyl adjacent to an activating group) is 1. The zero-order chi connectivity index (χ0) is 51.8. The summed E-state index contributed by atoms with van der Waals surface area (Å²) >= 11 is 0.